The van der Waals surface area contributed by atoms with Gasteiger partial charge < -0.3 is 4.57 Å². The Balaban J connectivity index is 2.27. The van der Waals surface area contributed by atoms with Crippen LogP contribution in [-0.4, -0.2) is 4.57 Å². The maximum absolute atomic E-state index is 11.7. The molecule has 0 saturated heterocycles. The van der Waals surface area contributed by atoms with Crippen molar-refractivity contribution >= 4 is 21.6 Å². The minimum Gasteiger partial charge on any atom is -0.346 e. The zero-order chi connectivity index (χ0) is 12.4. The van der Waals surface area contributed by atoms with Crippen molar-refractivity contribution in [1.29, 1.82) is 0 Å². The van der Waals surface area contributed by atoms with Crippen LogP contribution in [0.15, 0.2) is 28.5 Å². The van der Waals surface area contributed by atoms with Gasteiger partial charge >= 0.3 is 0 Å². The molecule has 3 heteroatoms. The predicted molar refractivity (Wildman–Crippen MR) is 74.7 cm³/mol. The van der Waals surface area contributed by atoms with Crippen molar-refractivity contribution in [1.82, 2.24) is 4.57 Å². The molecule has 2 nitrogen and oxygen atoms in total. The molecule has 0 aliphatic carbocycles. The summed E-state index contributed by atoms with van der Waals surface area (Å²) in [6.07, 6.45) is 3.14. The molecule has 17 heavy (non-hydrogen) atoms. The summed E-state index contributed by atoms with van der Waals surface area (Å²) in [5.74, 6) is 1.36. The van der Waals surface area contributed by atoms with Gasteiger partial charge in [-0.2, -0.15) is 0 Å². The molecule has 0 bridgehead atoms. The first-order valence-electron chi connectivity index (χ1n) is 6.14. The minimum absolute atomic E-state index is 0.141. The zero-order valence-electron chi connectivity index (χ0n) is 10.6. The highest BCUT2D eigenvalue weighted by Gasteiger charge is 2.09. The summed E-state index contributed by atoms with van der Waals surface area (Å²) in [6.45, 7) is 7.77. The van der Waals surface area contributed by atoms with E-state index in [1.807, 2.05) is 17.6 Å². The third-order valence-corrected chi connectivity index (χ3v) is 3.88. The number of fused-ring (bicyclic) bond motifs is 1. The standard InChI is InChI=1S/C14H19NOS/c1-10(2)8-11(3)9-15-6-4-13(16)14-12(15)5-7-17-14/h4-7,10-11H,8-9H2,1-3H3. The monoisotopic (exact) mass is 249 g/mol. The molecule has 92 valence electrons. The van der Waals surface area contributed by atoms with Gasteiger partial charge in [0, 0.05) is 18.8 Å². The van der Waals surface area contributed by atoms with E-state index in [1.165, 1.54) is 17.8 Å². The molecule has 2 rings (SSSR count). The lowest BCUT2D eigenvalue weighted by molar-refractivity contribution is 0.393. The largest absolute Gasteiger partial charge is 0.346 e. The summed E-state index contributed by atoms with van der Waals surface area (Å²) < 4.78 is 3.09. The van der Waals surface area contributed by atoms with Crippen molar-refractivity contribution in [3.05, 3.63) is 33.9 Å². The highest BCUT2D eigenvalue weighted by Crippen LogP contribution is 2.19. The first-order valence-corrected chi connectivity index (χ1v) is 7.02. The van der Waals surface area contributed by atoms with Crippen molar-refractivity contribution in [2.75, 3.05) is 0 Å². The Morgan fingerprint density at radius 2 is 2.06 bits per heavy atom. The molecular weight excluding hydrogens is 230 g/mol. The van der Waals surface area contributed by atoms with E-state index in [0.29, 0.717) is 5.92 Å². The highest BCUT2D eigenvalue weighted by atomic mass is 32.1. The Hall–Kier alpha value is -1.09. The summed E-state index contributed by atoms with van der Waals surface area (Å²) >= 11 is 1.54. The first kappa shape index (κ1) is 12.4. The third kappa shape index (κ3) is 2.78. The molecule has 2 aromatic heterocycles. The van der Waals surface area contributed by atoms with E-state index in [2.05, 4.69) is 25.3 Å². The van der Waals surface area contributed by atoms with E-state index in [4.69, 9.17) is 0 Å². The topological polar surface area (TPSA) is 22.0 Å². The van der Waals surface area contributed by atoms with Gasteiger partial charge in [0.15, 0.2) is 5.43 Å². The maximum atomic E-state index is 11.7. The van der Waals surface area contributed by atoms with Crippen LogP contribution in [0.3, 0.4) is 0 Å². The molecule has 0 saturated carbocycles. The Morgan fingerprint density at radius 3 is 2.76 bits per heavy atom. The summed E-state index contributed by atoms with van der Waals surface area (Å²) in [5.41, 5.74) is 1.22. The molecule has 1 unspecified atom stereocenters. The smallest absolute Gasteiger partial charge is 0.199 e. The van der Waals surface area contributed by atoms with Crippen LogP contribution in [-0.2, 0) is 6.54 Å². The van der Waals surface area contributed by atoms with Crippen molar-refractivity contribution in [3.63, 3.8) is 0 Å². The van der Waals surface area contributed by atoms with Crippen molar-refractivity contribution in [2.24, 2.45) is 11.8 Å². The van der Waals surface area contributed by atoms with Crippen LogP contribution in [0.4, 0.5) is 0 Å². The summed E-state index contributed by atoms with van der Waals surface area (Å²) in [7, 11) is 0. The van der Waals surface area contributed by atoms with Gasteiger partial charge in [0.2, 0.25) is 0 Å². The molecule has 0 aromatic carbocycles. The SMILES string of the molecule is CC(C)CC(C)Cn1ccc(=O)c2sccc21. The van der Waals surface area contributed by atoms with Crippen molar-refractivity contribution < 1.29 is 0 Å². The molecule has 0 amide bonds. The Labute approximate surface area is 106 Å². The second-order valence-corrected chi connectivity index (χ2v) is 6.12. The van der Waals surface area contributed by atoms with Gasteiger partial charge in [-0.1, -0.05) is 20.8 Å². The number of rotatable bonds is 4. The molecule has 0 aliphatic heterocycles. The van der Waals surface area contributed by atoms with Crippen LogP contribution in [0.25, 0.3) is 10.2 Å². The lowest BCUT2D eigenvalue weighted by atomic mass is 9.99. The molecule has 0 fully saturated rings. The first-order chi connectivity index (χ1) is 8.08. The predicted octanol–water partition coefficient (Wildman–Crippen LogP) is 3.75. The number of pyridine rings is 1. The van der Waals surface area contributed by atoms with Crippen LogP contribution in [0.2, 0.25) is 0 Å². The molecule has 2 heterocycles. The molecule has 2 aromatic rings. The zero-order valence-corrected chi connectivity index (χ0v) is 11.5. The van der Waals surface area contributed by atoms with Crippen molar-refractivity contribution in [2.45, 2.75) is 33.7 Å². The fourth-order valence-corrected chi connectivity index (χ4v) is 3.22. The number of hydrogen-bond acceptors (Lipinski definition) is 2. The molecule has 0 N–H and O–H groups in total. The fraction of sp³-hybridized carbons (Fsp3) is 0.500. The van der Waals surface area contributed by atoms with Gasteiger partial charge in [0.05, 0.1) is 10.2 Å². The number of thiophene rings is 1. The third-order valence-electron chi connectivity index (χ3n) is 2.97. The number of aromatic nitrogens is 1. The van der Waals surface area contributed by atoms with E-state index in [-0.39, 0.29) is 5.43 Å². The Kier molecular flexibility index (Phi) is 3.67. The van der Waals surface area contributed by atoms with E-state index < -0.39 is 0 Å². The molecule has 0 aliphatic rings. The van der Waals surface area contributed by atoms with E-state index in [1.54, 1.807) is 6.07 Å². The normalized spacial score (nSPS) is 13.4. The van der Waals surface area contributed by atoms with Crippen molar-refractivity contribution in [3.8, 4) is 0 Å². The quantitative estimate of drug-likeness (QED) is 0.809. The molecule has 0 radical (unpaired) electrons. The molecular formula is C14H19NOS. The minimum atomic E-state index is 0.141. The second kappa shape index (κ2) is 5.05. The van der Waals surface area contributed by atoms with Gasteiger partial charge in [0.1, 0.15) is 0 Å². The second-order valence-electron chi connectivity index (χ2n) is 5.20. The van der Waals surface area contributed by atoms with Crippen LogP contribution in [0.5, 0.6) is 0 Å². The van der Waals surface area contributed by atoms with Crippen LogP contribution in [0.1, 0.15) is 27.2 Å². The maximum Gasteiger partial charge on any atom is 0.199 e. The lowest BCUT2D eigenvalue weighted by Gasteiger charge is -2.16. The van der Waals surface area contributed by atoms with Gasteiger partial charge in [-0.15, -0.1) is 11.3 Å². The van der Waals surface area contributed by atoms with E-state index in [9.17, 15) is 4.79 Å². The van der Waals surface area contributed by atoms with Crippen LogP contribution < -0.4 is 5.43 Å². The van der Waals surface area contributed by atoms with Gasteiger partial charge in [0.25, 0.3) is 0 Å². The average molecular weight is 249 g/mol. The summed E-state index contributed by atoms with van der Waals surface area (Å²) in [4.78, 5) is 11.7. The molecule has 0 spiro atoms. The summed E-state index contributed by atoms with van der Waals surface area (Å²) in [6, 6.07) is 3.73. The Bertz CT molecular complexity index is 553. The number of nitrogens with zero attached hydrogens (tertiary/aromatic N) is 1. The van der Waals surface area contributed by atoms with Gasteiger partial charge in [-0.3, -0.25) is 4.79 Å². The van der Waals surface area contributed by atoms with Gasteiger partial charge in [-0.05, 0) is 29.7 Å². The van der Waals surface area contributed by atoms with E-state index >= 15 is 0 Å². The summed E-state index contributed by atoms with van der Waals surface area (Å²) in [5, 5.41) is 2.00. The van der Waals surface area contributed by atoms with Gasteiger partial charge in [-0.25, -0.2) is 0 Å². The number of hydrogen-bond donors (Lipinski definition) is 0. The van der Waals surface area contributed by atoms with E-state index in [0.717, 1.165) is 22.7 Å². The highest BCUT2D eigenvalue weighted by molar-refractivity contribution is 7.17. The Morgan fingerprint density at radius 1 is 1.29 bits per heavy atom. The fourth-order valence-electron chi connectivity index (χ4n) is 2.40. The molecule has 1 atom stereocenters. The van der Waals surface area contributed by atoms with Crippen LogP contribution >= 0.6 is 11.3 Å². The average Bonchev–Trinajstić information content (AvgIpc) is 2.70. The lowest BCUT2D eigenvalue weighted by Crippen LogP contribution is -2.12. The van der Waals surface area contributed by atoms with Crippen LogP contribution in [0, 0.1) is 11.8 Å².